The fourth-order valence-electron chi connectivity index (χ4n) is 4.05. The molecule has 0 radical (unpaired) electrons. The number of nitrogens with one attached hydrogen (secondary N) is 1. The highest BCUT2D eigenvalue weighted by atomic mass is 19.3. The monoisotopic (exact) mass is 557 g/mol. The Kier molecular flexibility index (Phi) is 8.29. The third-order valence-electron chi connectivity index (χ3n) is 6.19. The Hall–Kier alpha value is -4.19. The number of aliphatic hydroxyl groups is 1. The quantitative estimate of drug-likeness (QED) is 0.235. The molecule has 0 bridgehead atoms. The van der Waals surface area contributed by atoms with E-state index >= 15 is 4.39 Å². The molecule has 0 saturated heterocycles. The second kappa shape index (κ2) is 11.5. The largest absolute Gasteiger partial charge is 0.493 e. The molecule has 2 aromatic carbocycles. The molecule has 0 saturated carbocycles. The summed E-state index contributed by atoms with van der Waals surface area (Å²) in [4.78, 5) is 16.7. The lowest BCUT2D eigenvalue weighted by atomic mass is 9.91. The van der Waals surface area contributed by atoms with Gasteiger partial charge in [0, 0.05) is 17.0 Å². The van der Waals surface area contributed by atoms with E-state index in [0.29, 0.717) is 39.8 Å². The minimum Gasteiger partial charge on any atom is -0.493 e. The third-order valence-corrected chi connectivity index (χ3v) is 6.19. The number of ether oxygens (including phenoxy) is 3. The van der Waals surface area contributed by atoms with E-state index in [4.69, 9.17) is 14.2 Å². The normalized spacial score (nSPS) is 12.7. The van der Waals surface area contributed by atoms with Crippen molar-refractivity contribution in [3.8, 4) is 17.2 Å². The molecule has 0 aliphatic carbocycles. The molecular weight excluding hydrogens is 527 g/mol. The van der Waals surface area contributed by atoms with Gasteiger partial charge in [0.05, 0.1) is 36.6 Å². The minimum atomic E-state index is -3.81. The molecule has 2 N–H and O–H groups in total. The van der Waals surface area contributed by atoms with E-state index in [-0.39, 0.29) is 18.8 Å². The van der Waals surface area contributed by atoms with Gasteiger partial charge in [0.1, 0.15) is 42.6 Å². The van der Waals surface area contributed by atoms with Crippen LogP contribution in [0.5, 0.6) is 17.2 Å². The SMILES string of the molecule is COc1cc2nc(C)nc(N[C@H](C)c3cccc(C(F)(F)C(C)(C)O)c3F)c2cc1OCCOc1cncnc1. The van der Waals surface area contributed by atoms with Crippen molar-refractivity contribution < 1.29 is 32.5 Å². The predicted octanol–water partition coefficient (Wildman–Crippen LogP) is 5.37. The molecule has 0 aliphatic heterocycles. The van der Waals surface area contributed by atoms with Gasteiger partial charge in [0.25, 0.3) is 0 Å². The molecule has 212 valence electrons. The van der Waals surface area contributed by atoms with E-state index < -0.39 is 28.9 Å². The summed E-state index contributed by atoms with van der Waals surface area (Å²) in [5, 5.41) is 13.6. The number of nitrogens with zero attached hydrogens (tertiary/aromatic N) is 4. The number of hydrogen-bond donors (Lipinski definition) is 2. The first-order chi connectivity index (χ1) is 18.9. The van der Waals surface area contributed by atoms with Gasteiger partial charge in [-0.05, 0) is 39.8 Å². The zero-order valence-electron chi connectivity index (χ0n) is 22.7. The summed E-state index contributed by atoms with van der Waals surface area (Å²) in [7, 11) is 1.50. The molecule has 0 unspecified atom stereocenters. The highest BCUT2D eigenvalue weighted by molar-refractivity contribution is 5.92. The van der Waals surface area contributed by atoms with Gasteiger partial charge in [-0.25, -0.2) is 24.3 Å². The zero-order valence-corrected chi connectivity index (χ0v) is 22.7. The van der Waals surface area contributed by atoms with Crippen molar-refractivity contribution in [2.24, 2.45) is 0 Å². The summed E-state index contributed by atoms with van der Waals surface area (Å²) >= 11 is 0. The van der Waals surface area contributed by atoms with Gasteiger partial charge in [-0.3, -0.25) is 0 Å². The van der Waals surface area contributed by atoms with Crippen LogP contribution in [0.3, 0.4) is 0 Å². The van der Waals surface area contributed by atoms with Gasteiger partial charge in [-0.1, -0.05) is 12.1 Å². The smallest absolute Gasteiger partial charge is 0.303 e. The maximum Gasteiger partial charge on any atom is 0.303 e. The first-order valence-electron chi connectivity index (χ1n) is 12.4. The van der Waals surface area contributed by atoms with Crippen LogP contribution in [0.15, 0.2) is 49.1 Å². The molecule has 4 rings (SSSR count). The standard InChI is InChI=1S/C28H30F3N5O4/c1-16(19-7-6-8-21(25(19)29)28(30,31)27(3,4)37)34-26-20-11-24(23(38-5)12-22(20)35-17(2)36-26)40-10-9-39-18-13-32-15-33-14-18/h6-8,11-16,37H,9-10H2,1-5H3,(H,34,35,36)/t16-/m1/s1. The van der Waals surface area contributed by atoms with Crippen LogP contribution in [0.4, 0.5) is 19.0 Å². The first-order valence-corrected chi connectivity index (χ1v) is 12.4. The highest BCUT2D eigenvalue weighted by Gasteiger charge is 2.49. The summed E-state index contributed by atoms with van der Waals surface area (Å²) in [5.74, 6) is -2.83. The maximum atomic E-state index is 15.4. The lowest BCUT2D eigenvalue weighted by Gasteiger charge is -2.30. The second-order valence-corrected chi connectivity index (χ2v) is 9.62. The Morgan fingerprint density at radius 2 is 1.73 bits per heavy atom. The molecule has 40 heavy (non-hydrogen) atoms. The number of anilines is 1. The van der Waals surface area contributed by atoms with Gasteiger partial charge >= 0.3 is 5.92 Å². The van der Waals surface area contributed by atoms with E-state index in [9.17, 15) is 13.9 Å². The van der Waals surface area contributed by atoms with E-state index in [1.165, 1.54) is 38.0 Å². The van der Waals surface area contributed by atoms with Crippen LogP contribution in [0.1, 0.15) is 43.8 Å². The fourth-order valence-corrected chi connectivity index (χ4v) is 4.05. The average Bonchev–Trinajstić information content (AvgIpc) is 2.90. The van der Waals surface area contributed by atoms with Crippen LogP contribution in [0.25, 0.3) is 10.9 Å². The Morgan fingerprint density at radius 3 is 2.40 bits per heavy atom. The molecule has 1 atom stereocenters. The molecule has 0 spiro atoms. The van der Waals surface area contributed by atoms with Gasteiger partial charge in [0.15, 0.2) is 17.2 Å². The Morgan fingerprint density at radius 1 is 1.02 bits per heavy atom. The summed E-state index contributed by atoms with van der Waals surface area (Å²) < 4.78 is 62.0. The highest BCUT2D eigenvalue weighted by Crippen LogP contribution is 2.41. The molecule has 0 fully saturated rings. The van der Waals surface area contributed by atoms with E-state index in [1.807, 2.05) is 0 Å². The van der Waals surface area contributed by atoms with Gasteiger partial charge in [-0.2, -0.15) is 8.78 Å². The van der Waals surface area contributed by atoms with Crippen molar-refractivity contribution in [2.45, 2.75) is 45.3 Å². The maximum absolute atomic E-state index is 15.4. The number of halogens is 3. The number of fused-ring (bicyclic) bond motifs is 1. The number of rotatable bonds is 11. The number of hydrogen-bond acceptors (Lipinski definition) is 9. The van der Waals surface area contributed by atoms with Gasteiger partial charge in [-0.15, -0.1) is 0 Å². The lowest BCUT2D eigenvalue weighted by molar-refractivity contribution is -0.170. The minimum absolute atomic E-state index is 0.0159. The van der Waals surface area contributed by atoms with E-state index in [2.05, 4.69) is 25.3 Å². The molecule has 12 heteroatoms. The predicted molar refractivity (Wildman–Crippen MR) is 142 cm³/mol. The first kappa shape index (κ1) is 28.8. The molecule has 4 aromatic rings. The topological polar surface area (TPSA) is 112 Å². The second-order valence-electron chi connectivity index (χ2n) is 9.62. The zero-order chi connectivity index (χ0) is 29.1. The third kappa shape index (κ3) is 6.01. The van der Waals surface area contributed by atoms with Crippen LogP contribution in [0.2, 0.25) is 0 Å². The van der Waals surface area contributed by atoms with Gasteiger partial charge < -0.3 is 24.6 Å². The molecule has 9 nitrogen and oxygen atoms in total. The molecule has 2 heterocycles. The van der Waals surface area contributed by atoms with Crippen LogP contribution in [0, 0.1) is 12.7 Å². The number of alkyl halides is 2. The molecule has 0 amide bonds. The molecule has 2 aromatic heterocycles. The Balaban J connectivity index is 1.62. The Bertz CT molecular complexity index is 1480. The number of benzene rings is 2. The van der Waals surface area contributed by atoms with Crippen molar-refractivity contribution in [1.82, 2.24) is 19.9 Å². The summed E-state index contributed by atoms with van der Waals surface area (Å²) in [6, 6.07) is 6.30. The van der Waals surface area contributed by atoms with Crippen molar-refractivity contribution in [1.29, 1.82) is 0 Å². The Labute approximate surface area is 229 Å². The summed E-state index contributed by atoms with van der Waals surface area (Å²) in [6.45, 7) is 5.59. The van der Waals surface area contributed by atoms with Crippen LogP contribution >= 0.6 is 0 Å². The number of methoxy groups -OCH3 is 1. The van der Waals surface area contributed by atoms with Crippen molar-refractivity contribution in [2.75, 3.05) is 25.6 Å². The average molecular weight is 558 g/mol. The van der Waals surface area contributed by atoms with Crippen molar-refractivity contribution in [3.63, 3.8) is 0 Å². The lowest BCUT2D eigenvalue weighted by Crippen LogP contribution is -2.41. The van der Waals surface area contributed by atoms with Crippen LogP contribution in [-0.4, -0.2) is 51.0 Å². The van der Waals surface area contributed by atoms with Crippen LogP contribution in [-0.2, 0) is 5.92 Å². The molecule has 0 aliphatic rings. The van der Waals surface area contributed by atoms with E-state index in [1.54, 1.807) is 26.0 Å². The van der Waals surface area contributed by atoms with Crippen LogP contribution < -0.4 is 19.5 Å². The summed E-state index contributed by atoms with van der Waals surface area (Å²) in [5.41, 5.74) is -2.83. The van der Waals surface area contributed by atoms with E-state index in [0.717, 1.165) is 19.9 Å². The van der Waals surface area contributed by atoms with Crippen molar-refractivity contribution >= 4 is 16.7 Å². The fraction of sp³-hybridized carbons (Fsp3) is 0.357. The number of aromatic nitrogens is 4. The van der Waals surface area contributed by atoms with Crippen molar-refractivity contribution in [3.05, 3.63) is 71.8 Å². The number of aryl methyl sites for hydroxylation is 1. The molecular formula is C28H30F3N5O4. The van der Waals surface area contributed by atoms with Gasteiger partial charge in [0.2, 0.25) is 0 Å². The summed E-state index contributed by atoms with van der Waals surface area (Å²) in [6.07, 6.45) is 4.47.